The molecule has 4 aromatic rings. The van der Waals surface area contributed by atoms with Crippen molar-refractivity contribution in [1.29, 1.82) is 0 Å². The number of aryl methyl sites for hydroxylation is 1. The van der Waals surface area contributed by atoms with Crippen molar-refractivity contribution in [1.82, 2.24) is 20.3 Å². The Morgan fingerprint density at radius 3 is 2.55 bits per heavy atom. The maximum atomic E-state index is 13.4. The van der Waals surface area contributed by atoms with Crippen LogP contribution in [0.25, 0.3) is 22.2 Å². The molecular formula is C31H39N5O2. The lowest BCUT2D eigenvalue weighted by molar-refractivity contribution is -0.121. The van der Waals surface area contributed by atoms with Gasteiger partial charge in [-0.3, -0.25) is 9.59 Å². The number of hydrogen-bond donors (Lipinski definition) is 3. The van der Waals surface area contributed by atoms with Gasteiger partial charge >= 0.3 is 0 Å². The molecule has 0 unspecified atom stereocenters. The Morgan fingerprint density at radius 2 is 1.82 bits per heavy atom. The van der Waals surface area contributed by atoms with E-state index in [2.05, 4.69) is 43.4 Å². The van der Waals surface area contributed by atoms with Crippen molar-refractivity contribution in [3.8, 4) is 11.3 Å². The van der Waals surface area contributed by atoms with Gasteiger partial charge in [0.25, 0.3) is 0 Å². The smallest absolute Gasteiger partial charge is 0.225 e. The third-order valence-corrected chi connectivity index (χ3v) is 7.15. The summed E-state index contributed by atoms with van der Waals surface area (Å²) in [5.74, 6) is 1.03. The SMILES string of the molecule is CCC(=O)CCCCC[C@H](NC(=O)Cc1c(C)[nH]c2ccc(N(C)C)cc12)c1ncc(-c2ccccc2)[nH]1. The second-order valence-electron chi connectivity index (χ2n) is 10.2. The van der Waals surface area contributed by atoms with E-state index in [-0.39, 0.29) is 18.4 Å². The Balaban J connectivity index is 1.50. The van der Waals surface area contributed by atoms with Crippen molar-refractivity contribution >= 4 is 28.3 Å². The summed E-state index contributed by atoms with van der Waals surface area (Å²) in [5, 5.41) is 4.33. The summed E-state index contributed by atoms with van der Waals surface area (Å²) in [4.78, 5) is 38.6. The first-order valence-corrected chi connectivity index (χ1v) is 13.6. The predicted molar refractivity (Wildman–Crippen MR) is 154 cm³/mol. The molecular weight excluding hydrogens is 474 g/mol. The zero-order chi connectivity index (χ0) is 27.1. The van der Waals surface area contributed by atoms with Crippen LogP contribution in [-0.2, 0) is 16.0 Å². The summed E-state index contributed by atoms with van der Waals surface area (Å²) < 4.78 is 0. The van der Waals surface area contributed by atoms with E-state index in [1.165, 1.54) is 0 Å². The number of carbonyl (C=O) groups excluding carboxylic acids is 2. The van der Waals surface area contributed by atoms with E-state index in [4.69, 9.17) is 0 Å². The fourth-order valence-corrected chi connectivity index (χ4v) is 4.86. The third-order valence-electron chi connectivity index (χ3n) is 7.15. The Kier molecular flexibility index (Phi) is 9.00. The van der Waals surface area contributed by atoms with Crippen LogP contribution in [0.2, 0.25) is 0 Å². The van der Waals surface area contributed by atoms with Gasteiger partial charge in [0.05, 0.1) is 24.4 Å². The topological polar surface area (TPSA) is 93.9 Å². The summed E-state index contributed by atoms with van der Waals surface area (Å²) in [7, 11) is 4.03. The molecule has 0 saturated heterocycles. The molecule has 3 N–H and O–H groups in total. The number of nitrogens with zero attached hydrogens (tertiary/aromatic N) is 2. The molecule has 200 valence electrons. The molecule has 2 aromatic carbocycles. The predicted octanol–water partition coefficient (Wildman–Crippen LogP) is 6.26. The molecule has 38 heavy (non-hydrogen) atoms. The fraction of sp³-hybridized carbons (Fsp3) is 0.387. The van der Waals surface area contributed by atoms with E-state index in [1.54, 1.807) is 0 Å². The van der Waals surface area contributed by atoms with E-state index in [9.17, 15) is 9.59 Å². The van der Waals surface area contributed by atoms with E-state index >= 15 is 0 Å². The molecule has 0 bridgehead atoms. The number of aromatic nitrogens is 3. The number of H-pyrrole nitrogens is 2. The lowest BCUT2D eigenvalue weighted by Gasteiger charge is -2.17. The first-order chi connectivity index (χ1) is 18.4. The Hall–Kier alpha value is -3.87. The van der Waals surface area contributed by atoms with Crippen LogP contribution in [0.4, 0.5) is 5.69 Å². The number of fused-ring (bicyclic) bond motifs is 1. The molecule has 0 saturated carbocycles. The molecule has 0 radical (unpaired) electrons. The van der Waals surface area contributed by atoms with Crippen molar-refractivity contribution in [3.63, 3.8) is 0 Å². The van der Waals surface area contributed by atoms with Gasteiger partial charge in [0.2, 0.25) is 5.91 Å². The maximum absolute atomic E-state index is 13.4. The molecule has 1 amide bonds. The monoisotopic (exact) mass is 513 g/mol. The average molecular weight is 514 g/mol. The number of benzene rings is 2. The van der Waals surface area contributed by atoms with Crippen LogP contribution >= 0.6 is 0 Å². The minimum absolute atomic E-state index is 0.0342. The third kappa shape index (κ3) is 6.71. The number of anilines is 1. The molecule has 2 aromatic heterocycles. The normalized spacial score (nSPS) is 12.0. The molecule has 0 spiro atoms. The number of hydrogen-bond acceptors (Lipinski definition) is 4. The molecule has 0 aliphatic rings. The molecule has 7 heteroatoms. The molecule has 2 heterocycles. The first-order valence-electron chi connectivity index (χ1n) is 13.6. The number of imidazole rings is 1. The summed E-state index contributed by atoms with van der Waals surface area (Å²) in [6.45, 7) is 3.93. The van der Waals surface area contributed by atoms with Crippen LogP contribution in [0.5, 0.6) is 0 Å². The number of aromatic amines is 2. The van der Waals surface area contributed by atoms with Crippen molar-refractivity contribution < 1.29 is 9.59 Å². The number of Topliss-reactive ketones (excluding diaryl/α,β-unsaturated/α-hetero) is 1. The van der Waals surface area contributed by atoms with Gasteiger partial charge in [0.15, 0.2) is 0 Å². The Bertz CT molecular complexity index is 1370. The van der Waals surface area contributed by atoms with E-state index in [1.807, 2.05) is 64.5 Å². The van der Waals surface area contributed by atoms with Crippen LogP contribution < -0.4 is 10.2 Å². The average Bonchev–Trinajstić information content (AvgIpc) is 3.53. The van der Waals surface area contributed by atoms with Crippen LogP contribution in [0.1, 0.15) is 68.6 Å². The zero-order valence-corrected chi connectivity index (χ0v) is 22.9. The van der Waals surface area contributed by atoms with Gasteiger partial charge in [-0.25, -0.2) is 4.98 Å². The molecule has 1 atom stereocenters. The molecule has 7 nitrogen and oxygen atoms in total. The van der Waals surface area contributed by atoms with Crippen LogP contribution in [0.15, 0.2) is 54.7 Å². The van der Waals surface area contributed by atoms with Crippen molar-refractivity contribution in [2.24, 2.45) is 0 Å². The second-order valence-corrected chi connectivity index (χ2v) is 10.2. The highest BCUT2D eigenvalue weighted by molar-refractivity contribution is 5.92. The Morgan fingerprint density at radius 1 is 1.03 bits per heavy atom. The number of ketones is 1. The van der Waals surface area contributed by atoms with Crippen molar-refractivity contribution in [2.45, 2.75) is 64.8 Å². The number of carbonyl (C=O) groups is 2. The maximum Gasteiger partial charge on any atom is 0.225 e. The van der Waals surface area contributed by atoms with Crippen LogP contribution in [-0.4, -0.2) is 40.7 Å². The zero-order valence-electron chi connectivity index (χ0n) is 22.9. The summed E-state index contributed by atoms with van der Waals surface area (Å²) in [5.41, 5.74) is 6.14. The molecule has 0 aliphatic heterocycles. The summed E-state index contributed by atoms with van der Waals surface area (Å²) in [6, 6.07) is 16.1. The van der Waals surface area contributed by atoms with Gasteiger partial charge in [-0.05, 0) is 49.1 Å². The van der Waals surface area contributed by atoms with Gasteiger partial charge in [-0.1, -0.05) is 50.1 Å². The lowest BCUT2D eigenvalue weighted by atomic mass is 10.0. The minimum atomic E-state index is -0.232. The molecule has 4 rings (SSSR count). The highest BCUT2D eigenvalue weighted by Gasteiger charge is 2.20. The van der Waals surface area contributed by atoms with Crippen LogP contribution in [0.3, 0.4) is 0 Å². The number of amides is 1. The number of rotatable bonds is 13. The lowest BCUT2D eigenvalue weighted by Crippen LogP contribution is -2.30. The van der Waals surface area contributed by atoms with E-state index in [0.29, 0.717) is 18.6 Å². The summed E-state index contributed by atoms with van der Waals surface area (Å²) >= 11 is 0. The van der Waals surface area contributed by atoms with Gasteiger partial charge in [-0.15, -0.1) is 0 Å². The van der Waals surface area contributed by atoms with Crippen molar-refractivity contribution in [3.05, 3.63) is 71.8 Å². The number of nitrogens with one attached hydrogen (secondary N) is 3. The standard InChI is InChI=1S/C31H39N5O2/c1-5-24(37)14-10-7-11-15-28(31-32-20-29(35-31)22-12-8-6-9-13-22)34-30(38)19-25-21(2)33-27-17-16-23(36(3)4)18-26(25)27/h6,8-9,12-13,16-18,20,28,33H,5,7,10-11,14-15,19H2,1-4H3,(H,32,35)(H,34,38)/t28-/m0/s1. The van der Waals surface area contributed by atoms with Gasteiger partial charge in [0, 0.05) is 49.2 Å². The highest BCUT2D eigenvalue weighted by atomic mass is 16.1. The number of unbranched alkanes of at least 4 members (excludes halogenated alkanes) is 2. The van der Waals surface area contributed by atoms with Crippen molar-refractivity contribution in [2.75, 3.05) is 19.0 Å². The van der Waals surface area contributed by atoms with E-state index in [0.717, 1.165) is 70.6 Å². The van der Waals surface area contributed by atoms with Gasteiger partial charge < -0.3 is 20.2 Å². The molecule has 0 fully saturated rings. The molecule has 0 aliphatic carbocycles. The highest BCUT2D eigenvalue weighted by Crippen LogP contribution is 2.28. The quantitative estimate of drug-likeness (QED) is 0.184. The first kappa shape index (κ1) is 27.2. The van der Waals surface area contributed by atoms with Crippen LogP contribution in [0, 0.1) is 6.92 Å². The Labute approximate surface area is 225 Å². The second kappa shape index (κ2) is 12.6. The largest absolute Gasteiger partial charge is 0.378 e. The summed E-state index contributed by atoms with van der Waals surface area (Å²) in [6.07, 6.45) is 6.82. The van der Waals surface area contributed by atoms with Gasteiger partial charge in [0.1, 0.15) is 11.6 Å². The van der Waals surface area contributed by atoms with E-state index < -0.39 is 0 Å². The fourth-order valence-electron chi connectivity index (χ4n) is 4.86. The minimum Gasteiger partial charge on any atom is -0.378 e. The van der Waals surface area contributed by atoms with Gasteiger partial charge in [-0.2, -0.15) is 0 Å².